The molecule has 196 valence electrons. The second-order valence-corrected chi connectivity index (χ2v) is 10.8. The van der Waals surface area contributed by atoms with Crippen molar-refractivity contribution in [2.75, 3.05) is 13.9 Å². The minimum Gasteiger partial charge on any atom is -0.507 e. The molecule has 8 heteroatoms. The second kappa shape index (κ2) is 9.72. The summed E-state index contributed by atoms with van der Waals surface area (Å²) in [5, 5.41) is 11.8. The van der Waals surface area contributed by atoms with Crippen LogP contribution in [-0.2, 0) is 21.5 Å². The highest BCUT2D eigenvalue weighted by Crippen LogP contribution is 2.43. The van der Waals surface area contributed by atoms with Crippen molar-refractivity contribution in [3.63, 3.8) is 0 Å². The Morgan fingerprint density at radius 1 is 1.03 bits per heavy atom. The zero-order valence-corrected chi connectivity index (χ0v) is 22.3. The highest BCUT2D eigenvalue weighted by atomic mass is 35.5. The van der Waals surface area contributed by atoms with Gasteiger partial charge >= 0.3 is 0 Å². The molecule has 0 spiro atoms. The fourth-order valence-electron chi connectivity index (χ4n) is 4.80. The number of carbonyl (C=O) groups is 2. The molecule has 3 aromatic carbocycles. The maximum absolute atomic E-state index is 13.5. The summed E-state index contributed by atoms with van der Waals surface area (Å²) >= 11 is 6.21. The molecule has 1 saturated heterocycles. The molecule has 1 unspecified atom stereocenters. The third-order valence-electron chi connectivity index (χ3n) is 6.84. The Balaban J connectivity index is 1.65. The number of rotatable bonds is 5. The zero-order valence-electron chi connectivity index (χ0n) is 21.6. The number of ether oxygens (including phenoxy) is 3. The maximum atomic E-state index is 13.5. The van der Waals surface area contributed by atoms with Crippen molar-refractivity contribution in [3.8, 4) is 17.2 Å². The lowest BCUT2D eigenvalue weighted by atomic mass is 9.85. The summed E-state index contributed by atoms with van der Waals surface area (Å²) in [6.45, 7) is 6.58. The topological polar surface area (TPSA) is 85.3 Å². The van der Waals surface area contributed by atoms with E-state index in [1.807, 2.05) is 30.3 Å². The first-order valence-corrected chi connectivity index (χ1v) is 12.6. The van der Waals surface area contributed by atoms with Gasteiger partial charge in [-0.1, -0.05) is 62.7 Å². The number of aliphatic hydroxyl groups excluding tert-OH is 1. The van der Waals surface area contributed by atoms with Crippen LogP contribution in [0, 0.1) is 0 Å². The third kappa shape index (κ3) is 4.58. The van der Waals surface area contributed by atoms with Gasteiger partial charge in [-0.25, -0.2) is 0 Å². The number of carbonyl (C=O) groups excluding carboxylic acids is 2. The predicted octanol–water partition coefficient (Wildman–Crippen LogP) is 6.00. The Hall–Kier alpha value is -3.97. The number of benzene rings is 3. The van der Waals surface area contributed by atoms with Crippen LogP contribution < -0.4 is 14.2 Å². The number of methoxy groups -OCH3 is 1. The zero-order chi connectivity index (χ0) is 27.2. The van der Waals surface area contributed by atoms with Crippen molar-refractivity contribution in [2.45, 2.75) is 38.8 Å². The van der Waals surface area contributed by atoms with E-state index in [1.165, 1.54) is 18.1 Å². The molecule has 5 rings (SSSR count). The number of fused-ring (bicyclic) bond motifs is 1. The Labute approximate surface area is 226 Å². The molecule has 3 aromatic rings. The number of Topliss-reactive ketones (excluding diaryl/α,β-unsaturated/α-hetero) is 1. The summed E-state index contributed by atoms with van der Waals surface area (Å²) in [6, 6.07) is 17.1. The molecule has 1 atom stereocenters. The summed E-state index contributed by atoms with van der Waals surface area (Å²) in [6.07, 6.45) is 0. The van der Waals surface area contributed by atoms with Gasteiger partial charge in [-0.05, 0) is 52.4 Å². The van der Waals surface area contributed by atoms with Gasteiger partial charge in [-0.3, -0.25) is 9.59 Å². The molecule has 0 aliphatic carbocycles. The molecule has 2 heterocycles. The lowest BCUT2D eigenvalue weighted by molar-refractivity contribution is -0.140. The number of nitrogens with zero attached hydrogens (tertiary/aromatic N) is 1. The van der Waals surface area contributed by atoms with Gasteiger partial charge in [-0.15, -0.1) is 0 Å². The van der Waals surface area contributed by atoms with Gasteiger partial charge in [0.2, 0.25) is 6.79 Å². The number of amides is 1. The van der Waals surface area contributed by atoms with Gasteiger partial charge in [0.25, 0.3) is 11.7 Å². The molecule has 38 heavy (non-hydrogen) atoms. The molecule has 2 aliphatic heterocycles. The van der Waals surface area contributed by atoms with Crippen molar-refractivity contribution in [2.24, 2.45) is 0 Å². The summed E-state index contributed by atoms with van der Waals surface area (Å²) < 4.78 is 16.3. The van der Waals surface area contributed by atoms with Crippen LogP contribution in [0.4, 0.5) is 0 Å². The first kappa shape index (κ1) is 25.7. The van der Waals surface area contributed by atoms with E-state index in [9.17, 15) is 14.7 Å². The monoisotopic (exact) mass is 533 g/mol. The summed E-state index contributed by atoms with van der Waals surface area (Å²) in [5.74, 6) is -0.311. The number of likely N-dealkylation sites (tertiary alicyclic amines) is 1. The van der Waals surface area contributed by atoms with Gasteiger partial charge in [-0.2, -0.15) is 0 Å². The van der Waals surface area contributed by atoms with Gasteiger partial charge in [0.05, 0.1) is 24.3 Å². The van der Waals surface area contributed by atoms with Crippen LogP contribution in [0.5, 0.6) is 17.2 Å². The van der Waals surface area contributed by atoms with Crippen LogP contribution in [0.25, 0.3) is 5.76 Å². The quantitative estimate of drug-likeness (QED) is 0.246. The predicted molar refractivity (Wildman–Crippen MR) is 144 cm³/mol. The molecule has 0 saturated carbocycles. The molecule has 0 radical (unpaired) electrons. The van der Waals surface area contributed by atoms with E-state index in [2.05, 4.69) is 20.8 Å². The second-order valence-electron chi connectivity index (χ2n) is 10.3. The summed E-state index contributed by atoms with van der Waals surface area (Å²) in [7, 11) is 1.46. The van der Waals surface area contributed by atoms with Crippen molar-refractivity contribution in [3.05, 3.63) is 93.5 Å². The molecular weight excluding hydrogens is 506 g/mol. The highest BCUT2D eigenvalue weighted by molar-refractivity contribution is 6.46. The smallest absolute Gasteiger partial charge is 0.295 e. The Bertz CT molecular complexity index is 1450. The van der Waals surface area contributed by atoms with Crippen LogP contribution >= 0.6 is 11.6 Å². The normalized spacial score (nSPS) is 18.2. The van der Waals surface area contributed by atoms with E-state index in [-0.39, 0.29) is 35.6 Å². The van der Waals surface area contributed by atoms with Crippen molar-refractivity contribution in [1.29, 1.82) is 0 Å². The number of hydrogen-bond acceptors (Lipinski definition) is 6. The molecule has 2 aliphatic rings. The van der Waals surface area contributed by atoms with Gasteiger partial charge < -0.3 is 24.2 Å². The lowest BCUT2D eigenvalue weighted by Crippen LogP contribution is -2.29. The van der Waals surface area contributed by atoms with E-state index in [0.717, 1.165) is 11.1 Å². The average molecular weight is 534 g/mol. The Kier molecular flexibility index (Phi) is 6.57. The lowest BCUT2D eigenvalue weighted by Gasteiger charge is -2.27. The van der Waals surface area contributed by atoms with Crippen LogP contribution in [0.1, 0.15) is 49.1 Å². The van der Waals surface area contributed by atoms with E-state index >= 15 is 0 Å². The van der Waals surface area contributed by atoms with E-state index in [0.29, 0.717) is 27.8 Å². The molecule has 7 nitrogen and oxygen atoms in total. The molecule has 1 fully saturated rings. The largest absolute Gasteiger partial charge is 0.507 e. The van der Waals surface area contributed by atoms with Gasteiger partial charge in [0.1, 0.15) is 11.5 Å². The molecule has 0 bridgehead atoms. The average Bonchev–Trinajstić information content (AvgIpc) is 3.46. The Morgan fingerprint density at radius 3 is 2.42 bits per heavy atom. The van der Waals surface area contributed by atoms with Crippen LogP contribution in [0.15, 0.2) is 66.2 Å². The van der Waals surface area contributed by atoms with Crippen molar-refractivity contribution in [1.82, 2.24) is 4.90 Å². The first-order valence-electron chi connectivity index (χ1n) is 12.2. The first-order chi connectivity index (χ1) is 18.1. The minimum atomic E-state index is -0.835. The SMILES string of the molecule is COc1ccc(Cl)cc1/C(O)=C1\C(=O)C(=O)N(Cc2ccc3c(c2)OCO3)C1c1ccc(C(C)(C)C)cc1. The molecule has 0 aromatic heterocycles. The standard InChI is InChI=1S/C30H28ClNO6/c1-30(2,3)19-8-6-18(7-9-19)26-25(27(33)21-14-20(31)10-12-22(21)36-4)28(34)29(35)32(26)15-17-5-11-23-24(13-17)38-16-37-23/h5-14,26,33H,15-16H2,1-4H3/b27-25+. The maximum Gasteiger partial charge on any atom is 0.295 e. The van der Waals surface area contributed by atoms with E-state index in [4.69, 9.17) is 25.8 Å². The highest BCUT2D eigenvalue weighted by Gasteiger charge is 2.46. The number of halogens is 1. The molecule has 1 N–H and O–H groups in total. The van der Waals surface area contributed by atoms with Crippen LogP contribution in [0.2, 0.25) is 5.02 Å². The van der Waals surface area contributed by atoms with Gasteiger partial charge in [0, 0.05) is 11.6 Å². The number of hydrogen-bond donors (Lipinski definition) is 1. The number of aliphatic hydroxyl groups is 1. The number of ketones is 1. The Morgan fingerprint density at radius 2 is 1.74 bits per heavy atom. The van der Waals surface area contributed by atoms with E-state index in [1.54, 1.807) is 24.3 Å². The van der Waals surface area contributed by atoms with Crippen LogP contribution in [0.3, 0.4) is 0 Å². The summed E-state index contributed by atoms with van der Waals surface area (Å²) in [4.78, 5) is 28.4. The van der Waals surface area contributed by atoms with E-state index < -0.39 is 17.7 Å². The molecular formula is C30H28ClNO6. The van der Waals surface area contributed by atoms with Crippen molar-refractivity contribution >= 4 is 29.1 Å². The molecule has 1 amide bonds. The van der Waals surface area contributed by atoms with Crippen LogP contribution in [-0.4, -0.2) is 35.6 Å². The summed E-state index contributed by atoms with van der Waals surface area (Å²) in [5.41, 5.74) is 2.68. The van der Waals surface area contributed by atoms with Gasteiger partial charge in [0.15, 0.2) is 11.5 Å². The fraction of sp³-hybridized carbons (Fsp3) is 0.267. The third-order valence-corrected chi connectivity index (χ3v) is 7.07. The van der Waals surface area contributed by atoms with Crippen molar-refractivity contribution < 1.29 is 28.9 Å². The fourth-order valence-corrected chi connectivity index (χ4v) is 4.97. The minimum absolute atomic E-state index is 0.0279.